The molecule has 7 heteroatoms. The zero-order valence-corrected chi connectivity index (χ0v) is 13.2. The molecular weight excluding hydrogens is 296 g/mol. The Labute approximate surface area is 134 Å². The van der Waals surface area contributed by atoms with Crippen LogP contribution in [0.15, 0.2) is 9.05 Å². The number of fused-ring (bicyclic) bond motifs is 1. The summed E-state index contributed by atoms with van der Waals surface area (Å²) in [4.78, 5) is 19.0. The van der Waals surface area contributed by atoms with Crippen molar-refractivity contribution in [3.05, 3.63) is 28.7 Å². The Morgan fingerprint density at radius 1 is 1.17 bits per heavy atom. The lowest BCUT2D eigenvalue weighted by atomic mass is 9.94. The predicted octanol–water partition coefficient (Wildman–Crippen LogP) is 2.26. The van der Waals surface area contributed by atoms with Crippen LogP contribution in [-0.2, 0) is 12.8 Å². The highest BCUT2D eigenvalue weighted by Gasteiger charge is 2.32. The van der Waals surface area contributed by atoms with Crippen molar-refractivity contribution in [3.8, 4) is 0 Å². The van der Waals surface area contributed by atoms with Gasteiger partial charge in [0.05, 0.1) is 5.92 Å². The highest BCUT2D eigenvalue weighted by molar-refractivity contribution is 5.94. The van der Waals surface area contributed by atoms with E-state index in [9.17, 15) is 4.79 Å². The molecule has 1 amide bonds. The third-order valence-corrected chi connectivity index (χ3v) is 4.75. The maximum atomic E-state index is 12.9. The van der Waals surface area contributed by atoms with Crippen molar-refractivity contribution in [2.45, 2.75) is 51.4 Å². The Hall–Kier alpha value is -2.18. The second kappa shape index (κ2) is 5.79. The fraction of sp³-hybridized carbons (Fsp3) is 0.625. The summed E-state index contributed by atoms with van der Waals surface area (Å²) in [5, 5.41) is 7.91. The summed E-state index contributed by atoms with van der Waals surface area (Å²) in [5.74, 6) is 2.23. The summed E-state index contributed by atoms with van der Waals surface area (Å²) in [6.45, 7) is 3.15. The monoisotopic (exact) mass is 316 g/mol. The van der Waals surface area contributed by atoms with Crippen LogP contribution in [0, 0.1) is 6.92 Å². The summed E-state index contributed by atoms with van der Waals surface area (Å²) in [5.41, 5.74) is 1.51. The van der Waals surface area contributed by atoms with E-state index in [0.717, 1.165) is 56.4 Å². The van der Waals surface area contributed by atoms with Gasteiger partial charge in [0.2, 0.25) is 5.89 Å². The van der Waals surface area contributed by atoms with Crippen LogP contribution in [0.25, 0.3) is 0 Å². The molecule has 1 aliphatic heterocycles. The molecule has 4 rings (SSSR count). The van der Waals surface area contributed by atoms with Crippen molar-refractivity contribution in [1.29, 1.82) is 0 Å². The van der Waals surface area contributed by atoms with Crippen molar-refractivity contribution in [2.24, 2.45) is 0 Å². The summed E-state index contributed by atoms with van der Waals surface area (Å²) in [7, 11) is 0. The Bertz CT molecular complexity index is 721. The number of aromatic nitrogens is 3. The van der Waals surface area contributed by atoms with Gasteiger partial charge in [0.15, 0.2) is 11.5 Å². The maximum Gasteiger partial charge on any atom is 0.276 e. The van der Waals surface area contributed by atoms with Crippen molar-refractivity contribution in [1.82, 2.24) is 20.2 Å². The van der Waals surface area contributed by atoms with Crippen LogP contribution >= 0.6 is 0 Å². The Kier molecular flexibility index (Phi) is 3.63. The van der Waals surface area contributed by atoms with Gasteiger partial charge in [0.1, 0.15) is 5.76 Å². The molecule has 0 bridgehead atoms. The third-order valence-electron chi connectivity index (χ3n) is 4.75. The van der Waals surface area contributed by atoms with Gasteiger partial charge in [-0.05, 0) is 39.0 Å². The molecule has 2 aliphatic rings. The van der Waals surface area contributed by atoms with E-state index in [4.69, 9.17) is 9.05 Å². The van der Waals surface area contributed by atoms with E-state index < -0.39 is 0 Å². The molecule has 2 aromatic rings. The highest BCUT2D eigenvalue weighted by Crippen LogP contribution is 2.29. The maximum absolute atomic E-state index is 12.9. The number of carbonyl (C=O) groups is 1. The van der Waals surface area contributed by atoms with Gasteiger partial charge in [0, 0.05) is 25.1 Å². The standard InChI is InChI=1S/C16H20N4O3/c1-10-17-15(23-18-10)11-5-4-8-20(9-11)16(21)14-12-6-2-3-7-13(12)22-19-14/h11H,2-9H2,1H3/t11-/m0/s1. The largest absolute Gasteiger partial charge is 0.360 e. The summed E-state index contributed by atoms with van der Waals surface area (Å²) in [6.07, 6.45) is 5.87. The average molecular weight is 316 g/mol. The molecule has 2 aromatic heterocycles. The normalized spacial score (nSPS) is 21.3. The summed E-state index contributed by atoms with van der Waals surface area (Å²) >= 11 is 0. The van der Waals surface area contributed by atoms with Gasteiger partial charge in [0.25, 0.3) is 5.91 Å². The van der Waals surface area contributed by atoms with Gasteiger partial charge in [-0.2, -0.15) is 4.98 Å². The minimum absolute atomic E-state index is 0.0298. The second-order valence-electron chi connectivity index (χ2n) is 6.41. The minimum atomic E-state index is -0.0298. The molecule has 0 unspecified atom stereocenters. The molecule has 1 fully saturated rings. The number of hydrogen-bond acceptors (Lipinski definition) is 6. The van der Waals surface area contributed by atoms with Crippen LogP contribution < -0.4 is 0 Å². The zero-order chi connectivity index (χ0) is 15.8. The fourth-order valence-corrected chi connectivity index (χ4v) is 3.54. The number of likely N-dealkylation sites (tertiary alicyclic amines) is 1. The zero-order valence-electron chi connectivity index (χ0n) is 13.2. The number of amides is 1. The number of carbonyl (C=O) groups excluding carboxylic acids is 1. The topological polar surface area (TPSA) is 85.3 Å². The molecule has 0 aromatic carbocycles. The van der Waals surface area contributed by atoms with Crippen molar-refractivity contribution in [2.75, 3.05) is 13.1 Å². The first-order valence-corrected chi connectivity index (χ1v) is 8.29. The summed E-state index contributed by atoms with van der Waals surface area (Å²) in [6, 6.07) is 0. The van der Waals surface area contributed by atoms with Crippen molar-refractivity contribution in [3.63, 3.8) is 0 Å². The number of piperidine rings is 1. The molecule has 3 heterocycles. The molecule has 1 saturated heterocycles. The van der Waals surface area contributed by atoms with E-state index in [-0.39, 0.29) is 11.8 Å². The molecule has 1 aliphatic carbocycles. The van der Waals surface area contributed by atoms with E-state index in [0.29, 0.717) is 24.0 Å². The first-order chi connectivity index (χ1) is 11.2. The van der Waals surface area contributed by atoms with Gasteiger partial charge >= 0.3 is 0 Å². The van der Waals surface area contributed by atoms with E-state index >= 15 is 0 Å². The number of aryl methyl sites for hydroxylation is 2. The first kappa shape index (κ1) is 14.4. The average Bonchev–Trinajstić information content (AvgIpc) is 3.20. The van der Waals surface area contributed by atoms with Crippen LogP contribution in [-0.4, -0.2) is 39.2 Å². The smallest absolute Gasteiger partial charge is 0.276 e. The fourth-order valence-electron chi connectivity index (χ4n) is 3.54. The van der Waals surface area contributed by atoms with Crippen LogP contribution in [0.3, 0.4) is 0 Å². The van der Waals surface area contributed by atoms with Gasteiger partial charge in [-0.3, -0.25) is 4.79 Å². The van der Waals surface area contributed by atoms with Crippen LogP contribution in [0.5, 0.6) is 0 Å². The van der Waals surface area contributed by atoms with Gasteiger partial charge in [-0.15, -0.1) is 0 Å². The SMILES string of the molecule is Cc1noc([C@H]2CCCN(C(=O)c3noc4c3CCCC4)C2)n1. The lowest BCUT2D eigenvalue weighted by molar-refractivity contribution is 0.0684. The van der Waals surface area contributed by atoms with Crippen LogP contribution in [0.4, 0.5) is 0 Å². The van der Waals surface area contributed by atoms with Crippen molar-refractivity contribution >= 4 is 5.91 Å². The van der Waals surface area contributed by atoms with Crippen molar-refractivity contribution < 1.29 is 13.8 Å². The molecule has 1 atom stereocenters. The van der Waals surface area contributed by atoms with E-state index in [1.54, 1.807) is 6.92 Å². The van der Waals surface area contributed by atoms with Gasteiger partial charge in [-0.1, -0.05) is 10.3 Å². The highest BCUT2D eigenvalue weighted by atomic mass is 16.5. The second-order valence-corrected chi connectivity index (χ2v) is 6.41. The number of hydrogen-bond donors (Lipinski definition) is 0. The Morgan fingerprint density at radius 3 is 2.87 bits per heavy atom. The molecule has 0 radical (unpaired) electrons. The first-order valence-electron chi connectivity index (χ1n) is 8.29. The molecule has 23 heavy (non-hydrogen) atoms. The Balaban J connectivity index is 1.53. The quantitative estimate of drug-likeness (QED) is 0.845. The molecular formula is C16H20N4O3. The molecule has 0 N–H and O–H groups in total. The number of rotatable bonds is 2. The predicted molar refractivity (Wildman–Crippen MR) is 80.1 cm³/mol. The van der Waals surface area contributed by atoms with Crippen LogP contribution in [0.2, 0.25) is 0 Å². The summed E-state index contributed by atoms with van der Waals surface area (Å²) < 4.78 is 10.7. The van der Waals surface area contributed by atoms with Crippen LogP contribution in [0.1, 0.15) is 65.1 Å². The number of nitrogens with zero attached hydrogens (tertiary/aromatic N) is 4. The van der Waals surface area contributed by atoms with E-state index in [1.807, 2.05) is 4.90 Å². The van der Waals surface area contributed by atoms with E-state index in [2.05, 4.69) is 15.3 Å². The molecule has 0 saturated carbocycles. The minimum Gasteiger partial charge on any atom is -0.360 e. The van der Waals surface area contributed by atoms with Gasteiger partial charge in [-0.25, -0.2) is 0 Å². The lowest BCUT2D eigenvalue weighted by Crippen LogP contribution is -2.39. The molecule has 122 valence electrons. The third kappa shape index (κ3) is 2.64. The van der Waals surface area contributed by atoms with Gasteiger partial charge < -0.3 is 13.9 Å². The molecule has 0 spiro atoms. The molecule has 7 nitrogen and oxygen atoms in total. The Morgan fingerprint density at radius 2 is 2.04 bits per heavy atom. The van der Waals surface area contributed by atoms with E-state index in [1.165, 1.54) is 0 Å². The lowest BCUT2D eigenvalue weighted by Gasteiger charge is -2.30.